The first-order valence-electron chi connectivity index (χ1n) is 5.97. The summed E-state index contributed by atoms with van der Waals surface area (Å²) in [7, 11) is 0. The molecule has 1 aromatic carbocycles. The number of ether oxygens (including phenoxy) is 1. The number of rotatable bonds is 3. The molecule has 1 aliphatic rings. The summed E-state index contributed by atoms with van der Waals surface area (Å²) >= 11 is 3.38. The molecule has 0 atom stereocenters. The van der Waals surface area contributed by atoms with Crippen LogP contribution < -0.4 is 5.32 Å². The van der Waals surface area contributed by atoms with Crippen molar-refractivity contribution in [3.05, 3.63) is 35.4 Å². The maximum absolute atomic E-state index is 13.1. The molecule has 0 aromatic heterocycles. The summed E-state index contributed by atoms with van der Waals surface area (Å²) in [6, 6.07) is 2.80. The van der Waals surface area contributed by atoms with Gasteiger partial charge < -0.3 is 10.1 Å². The SMILES string of the molecule is O=C(NC1(CBr)CCOCC1)c1cc(F)cc(F)c1. The quantitative estimate of drug-likeness (QED) is 0.863. The van der Waals surface area contributed by atoms with Gasteiger partial charge in [0.15, 0.2) is 0 Å². The molecule has 1 amide bonds. The zero-order chi connectivity index (χ0) is 13.9. The van der Waals surface area contributed by atoms with Crippen LogP contribution in [0.2, 0.25) is 0 Å². The van der Waals surface area contributed by atoms with Gasteiger partial charge in [-0.25, -0.2) is 8.78 Å². The molecule has 0 spiro atoms. The zero-order valence-electron chi connectivity index (χ0n) is 10.2. The number of nitrogens with one attached hydrogen (secondary N) is 1. The van der Waals surface area contributed by atoms with E-state index in [0.717, 1.165) is 18.2 Å². The fraction of sp³-hybridized carbons (Fsp3) is 0.462. The van der Waals surface area contributed by atoms with Gasteiger partial charge in [0, 0.05) is 30.2 Å². The topological polar surface area (TPSA) is 38.3 Å². The van der Waals surface area contributed by atoms with Crippen molar-refractivity contribution in [3.63, 3.8) is 0 Å². The summed E-state index contributed by atoms with van der Waals surface area (Å²) in [5.41, 5.74) is -0.428. The fourth-order valence-corrected chi connectivity index (χ4v) is 2.75. The molecule has 1 aliphatic heterocycles. The Morgan fingerprint density at radius 2 is 1.84 bits per heavy atom. The van der Waals surface area contributed by atoms with Crippen LogP contribution in [0.25, 0.3) is 0 Å². The molecule has 1 aromatic rings. The fourth-order valence-electron chi connectivity index (χ4n) is 2.05. The lowest BCUT2D eigenvalue weighted by Gasteiger charge is -2.36. The Balaban J connectivity index is 2.15. The second kappa shape index (κ2) is 5.96. The molecule has 0 radical (unpaired) electrons. The highest BCUT2D eigenvalue weighted by Crippen LogP contribution is 2.23. The van der Waals surface area contributed by atoms with E-state index in [1.54, 1.807) is 0 Å². The Hall–Kier alpha value is -1.01. The van der Waals surface area contributed by atoms with Crippen LogP contribution in [0, 0.1) is 11.6 Å². The summed E-state index contributed by atoms with van der Waals surface area (Å²) in [5.74, 6) is -1.99. The molecule has 19 heavy (non-hydrogen) atoms. The van der Waals surface area contributed by atoms with E-state index in [1.807, 2.05) is 0 Å². The number of hydrogen-bond acceptors (Lipinski definition) is 2. The average Bonchev–Trinajstić information content (AvgIpc) is 2.38. The van der Waals surface area contributed by atoms with E-state index in [0.29, 0.717) is 31.4 Å². The third-order valence-electron chi connectivity index (χ3n) is 3.21. The molecule has 1 saturated heterocycles. The van der Waals surface area contributed by atoms with Crippen LogP contribution in [0.4, 0.5) is 8.78 Å². The van der Waals surface area contributed by atoms with Crippen molar-refractivity contribution in [2.24, 2.45) is 0 Å². The van der Waals surface area contributed by atoms with Crippen LogP contribution in [0.5, 0.6) is 0 Å². The van der Waals surface area contributed by atoms with Crippen LogP contribution >= 0.6 is 15.9 Å². The summed E-state index contributed by atoms with van der Waals surface area (Å²) < 4.78 is 31.4. The van der Waals surface area contributed by atoms with Crippen LogP contribution in [0.3, 0.4) is 0 Å². The Kier molecular flexibility index (Phi) is 4.52. The van der Waals surface area contributed by atoms with Gasteiger partial charge in [-0.05, 0) is 25.0 Å². The lowest BCUT2D eigenvalue weighted by atomic mass is 9.92. The minimum atomic E-state index is -0.759. The molecule has 1 N–H and O–H groups in total. The van der Waals surface area contributed by atoms with E-state index in [-0.39, 0.29) is 5.56 Å². The molecule has 1 heterocycles. The molecular weight excluding hydrogens is 320 g/mol. The third-order valence-corrected chi connectivity index (χ3v) is 4.28. The van der Waals surface area contributed by atoms with Crippen molar-refractivity contribution in [2.75, 3.05) is 18.5 Å². The molecule has 6 heteroatoms. The first-order valence-corrected chi connectivity index (χ1v) is 7.09. The van der Waals surface area contributed by atoms with Gasteiger partial charge in [-0.2, -0.15) is 0 Å². The Morgan fingerprint density at radius 1 is 1.26 bits per heavy atom. The Labute approximate surface area is 118 Å². The minimum absolute atomic E-state index is 0.00989. The average molecular weight is 334 g/mol. The number of halogens is 3. The van der Waals surface area contributed by atoms with Gasteiger partial charge in [0.05, 0.1) is 5.54 Å². The summed E-state index contributed by atoms with van der Waals surface area (Å²) in [5, 5.41) is 3.43. The van der Waals surface area contributed by atoms with Crippen LogP contribution in [-0.4, -0.2) is 30.0 Å². The van der Waals surface area contributed by atoms with Crippen LogP contribution in [-0.2, 0) is 4.74 Å². The van der Waals surface area contributed by atoms with E-state index in [2.05, 4.69) is 21.2 Å². The molecular formula is C13H14BrF2NO2. The maximum atomic E-state index is 13.1. The summed E-state index contributed by atoms with van der Waals surface area (Å²) in [6.45, 7) is 1.12. The van der Waals surface area contributed by atoms with Gasteiger partial charge in [0.1, 0.15) is 11.6 Å². The van der Waals surface area contributed by atoms with E-state index < -0.39 is 23.1 Å². The second-order valence-electron chi connectivity index (χ2n) is 4.64. The van der Waals surface area contributed by atoms with E-state index in [1.165, 1.54) is 0 Å². The molecule has 0 saturated carbocycles. The van der Waals surface area contributed by atoms with Crippen molar-refractivity contribution >= 4 is 21.8 Å². The van der Waals surface area contributed by atoms with Gasteiger partial charge in [0.25, 0.3) is 5.91 Å². The van der Waals surface area contributed by atoms with Crippen molar-refractivity contribution in [2.45, 2.75) is 18.4 Å². The number of alkyl halides is 1. The summed E-state index contributed by atoms with van der Waals surface area (Å²) in [6.07, 6.45) is 1.34. The Bertz CT molecular complexity index is 455. The van der Waals surface area contributed by atoms with E-state index in [9.17, 15) is 13.6 Å². The first-order chi connectivity index (χ1) is 9.04. The highest BCUT2D eigenvalue weighted by Gasteiger charge is 2.33. The highest BCUT2D eigenvalue weighted by atomic mass is 79.9. The smallest absolute Gasteiger partial charge is 0.251 e. The molecule has 2 rings (SSSR count). The van der Waals surface area contributed by atoms with Gasteiger partial charge >= 0.3 is 0 Å². The van der Waals surface area contributed by atoms with Crippen LogP contribution in [0.1, 0.15) is 23.2 Å². The van der Waals surface area contributed by atoms with Gasteiger partial charge in [-0.15, -0.1) is 0 Å². The van der Waals surface area contributed by atoms with Gasteiger partial charge in [0.2, 0.25) is 0 Å². The Morgan fingerprint density at radius 3 is 2.37 bits per heavy atom. The van der Waals surface area contributed by atoms with Gasteiger partial charge in [-0.1, -0.05) is 15.9 Å². The monoisotopic (exact) mass is 333 g/mol. The normalized spacial score (nSPS) is 18.1. The van der Waals surface area contributed by atoms with Crippen molar-refractivity contribution < 1.29 is 18.3 Å². The number of hydrogen-bond donors (Lipinski definition) is 1. The number of benzene rings is 1. The lowest BCUT2D eigenvalue weighted by molar-refractivity contribution is 0.0441. The third kappa shape index (κ3) is 3.51. The lowest BCUT2D eigenvalue weighted by Crippen LogP contribution is -2.53. The van der Waals surface area contributed by atoms with Crippen LogP contribution in [0.15, 0.2) is 18.2 Å². The molecule has 0 unspecified atom stereocenters. The van der Waals surface area contributed by atoms with Crippen molar-refractivity contribution in [1.29, 1.82) is 0 Å². The molecule has 1 fully saturated rings. The molecule has 3 nitrogen and oxygen atoms in total. The predicted octanol–water partition coefficient (Wildman–Crippen LogP) is 2.64. The summed E-state index contributed by atoms with van der Waals surface area (Å²) in [4.78, 5) is 12.1. The van der Waals surface area contributed by atoms with Crippen molar-refractivity contribution in [1.82, 2.24) is 5.32 Å². The molecule has 0 bridgehead atoms. The second-order valence-corrected chi connectivity index (χ2v) is 5.20. The first kappa shape index (κ1) is 14.4. The number of carbonyl (C=O) groups excluding carboxylic acids is 1. The standard InChI is InChI=1S/C13H14BrF2NO2/c14-8-13(1-3-19-4-2-13)17-12(18)9-5-10(15)7-11(16)6-9/h5-7H,1-4,8H2,(H,17,18). The molecule has 0 aliphatic carbocycles. The van der Waals surface area contributed by atoms with Gasteiger partial charge in [-0.3, -0.25) is 4.79 Å². The van der Waals surface area contributed by atoms with E-state index in [4.69, 9.17) is 4.74 Å². The number of carbonyl (C=O) groups is 1. The number of amides is 1. The largest absolute Gasteiger partial charge is 0.381 e. The van der Waals surface area contributed by atoms with Crippen molar-refractivity contribution in [3.8, 4) is 0 Å². The van der Waals surface area contributed by atoms with E-state index >= 15 is 0 Å². The predicted molar refractivity (Wildman–Crippen MR) is 70.4 cm³/mol. The highest BCUT2D eigenvalue weighted by molar-refractivity contribution is 9.09. The maximum Gasteiger partial charge on any atom is 0.251 e. The molecule has 104 valence electrons. The minimum Gasteiger partial charge on any atom is -0.381 e. The zero-order valence-corrected chi connectivity index (χ0v) is 11.8.